The number of aliphatic imine (C=N–C) groups is 1. The Hall–Kier alpha value is -1.55. The summed E-state index contributed by atoms with van der Waals surface area (Å²) in [6.45, 7) is 1.87. The van der Waals surface area contributed by atoms with Crippen molar-refractivity contribution in [2.45, 2.75) is 25.7 Å². The Balaban J connectivity index is 2.59. The lowest BCUT2D eigenvalue weighted by molar-refractivity contribution is 0.339. The smallest absolute Gasteiger partial charge is 0.207 e. The van der Waals surface area contributed by atoms with Gasteiger partial charge in [-0.15, -0.1) is 0 Å². The first kappa shape index (κ1) is 9.54. The van der Waals surface area contributed by atoms with E-state index in [1.54, 1.807) is 6.19 Å². The fourth-order valence-electron chi connectivity index (χ4n) is 1.50. The molecule has 13 heavy (non-hydrogen) atoms. The highest BCUT2D eigenvalue weighted by Gasteiger charge is 2.14. The molecule has 0 bridgehead atoms. The van der Waals surface area contributed by atoms with E-state index >= 15 is 0 Å². The van der Waals surface area contributed by atoms with Crippen molar-refractivity contribution in [3.63, 3.8) is 0 Å². The molecule has 68 valence electrons. The molecule has 0 aliphatic carbocycles. The third kappa shape index (κ3) is 2.76. The lowest BCUT2D eigenvalue weighted by Gasteiger charge is -2.28. The second kappa shape index (κ2) is 5.16. The van der Waals surface area contributed by atoms with E-state index in [9.17, 15) is 0 Å². The van der Waals surface area contributed by atoms with Gasteiger partial charge in [0.05, 0.1) is 12.5 Å². The zero-order valence-corrected chi connectivity index (χ0v) is 7.53. The average molecular weight is 176 g/mol. The second-order valence-electron chi connectivity index (χ2n) is 3.01. The predicted molar refractivity (Wildman–Crippen MR) is 48.7 cm³/mol. The van der Waals surface area contributed by atoms with Crippen LogP contribution in [0.1, 0.15) is 25.7 Å². The first-order valence-electron chi connectivity index (χ1n) is 4.46. The van der Waals surface area contributed by atoms with Gasteiger partial charge in [-0.3, -0.25) is 0 Å². The van der Waals surface area contributed by atoms with Gasteiger partial charge in [0, 0.05) is 13.1 Å². The number of amidine groups is 1. The molecule has 0 atom stereocenters. The zero-order chi connectivity index (χ0) is 9.52. The molecule has 0 spiro atoms. The Kier molecular flexibility index (Phi) is 3.78. The van der Waals surface area contributed by atoms with Crippen LogP contribution >= 0.6 is 0 Å². The fourth-order valence-corrected chi connectivity index (χ4v) is 1.50. The van der Waals surface area contributed by atoms with Crippen LogP contribution in [-0.2, 0) is 0 Å². The topological polar surface area (TPSA) is 63.2 Å². The Morgan fingerprint density at radius 1 is 1.23 bits per heavy atom. The van der Waals surface area contributed by atoms with E-state index in [1.807, 2.05) is 11.0 Å². The van der Waals surface area contributed by atoms with Crippen LogP contribution in [0.25, 0.3) is 0 Å². The molecule has 0 saturated carbocycles. The second-order valence-corrected chi connectivity index (χ2v) is 3.01. The van der Waals surface area contributed by atoms with Gasteiger partial charge in [0.25, 0.3) is 0 Å². The van der Waals surface area contributed by atoms with Crippen LogP contribution < -0.4 is 0 Å². The summed E-state index contributed by atoms with van der Waals surface area (Å²) in [6.07, 6.45) is 5.50. The summed E-state index contributed by atoms with van der Waals surface area (Å²) in [5, 5.41) is 16.9. The Morgan fingerprint density at radius 3 is 2.46 bits per heavy atom. The number of nitrogens with zero attached hydrogens (tertiary/aromatic N) is 4. The van der Waals surface area contributed by atoms with E-state index in [0.717, 1.165) is 25.9 Å². The van der Waals surface area contributed by atoms with Crippen molar-refractivity contribution in [1.29, 1.82) is 10.5 Å². The van der Waals surface area contributed by atoms with Gasteiger partial charge < -0.3 is 4.90 Å². The monoisotopic (exact) mass is 176 g/mol. The van der Waals surface area contributed by atoms with Crippen molar-refractivity contribution < 1.29 is 0 Å². The van der Waals surface area contributed by atoms with E-state index in [4.69, 9.17) is 10.5 Å². The molecule has 0 amide bonds. The molecule has 0 N–H and O–H groups in total. The molecule has 1 saturated heterocycles. The van der Waals surface area contributed by atoms with E-state index in [2.05, 4.69) is 4.99 Å². The summed E-state index contributed by atoms with van der Waals surface area (Å²) in [6, 6.07) is 2.03. The molecule has 0 unspecified atom stereocenters. The molecule has 1 rings (SSSR count). The standard InChI is InChI=1S/C9H12N4/c10-5-4-9(12-8-11)13-6-2-1-3-7-13/h1-4,6-7H2/b12-9+. The lowest BCUT2D eigenvalue weighted by atomic mass is 10.1. The first-order valence-corrected chi connectivity index (χ1v) is 4.46. The number of likely N-dealkylation sites (tertiary alicyclic amines) is 1. The third-order valence-electron chi connectivity index (χ3n) is 2.14. The van der Waals surface area contributed by atoms with Gasteiger partial charge >= 0.3 is 0 Å². The van der Waals surface area contributed by atoms with E-state index in [1.165, 1.54) is 6.42 Å². The van der Waals surface area contributed by atoms with Crippen molar-refractivity contribution in [3.05, 3.63) is 0 Å². The van der Waals surface area contributed by atoms with Gasteiger partial charge in [0.15, 0.2) is 0 Å². The number of piperidine rings is 1. The molecule has 1 aliphatic rings. The third-order valence-corrected chi connectivity index (χ3v) is 2.14. The highest BCUT2D eigenvalue weighted by atomic mass is 15.2. The van der Waals surface area contributed by atoms with Crippen LogP contribution in [0.4, 0.5) is 0 Å². The maximum absolute atomic E-state index is 8.53. The van der Waals surface area contributed by atoms with Crippen molar-refractivity contribution in [2.75, 3.05) is 13.1 Å². The largest absolute Gasteiger partial charge is 0.358 e. The molecule has 4 heteroatoms. The van der Waals surface area contributed by atoms with Gasteiger partial charge in [-0.05, 0) is 19.3 Å². The van der Waals surface area contributed by atoms with Crippen LogP contribution in [-0.4, -0.2) is 23.8 Å². The van der Waals surface area contributed by atoms with Crippen molar-refractivity contribution in [2.24, 2.45) is 4.99 Å². The summed E-state index contributed by atoms with van der Waals surface area (Å²) in [5.74, 6) is 0.629. The number of hydrogen-bond donors (Lipinski definition) is 0. The highest BCUT2D eigenvalue weighted by Crippen LogP contribution is 2.10. The average Bonchev–Trinajstić information content (AvgIpc) is 2.19. The van der Waals surface area contributed by atoms with Gasteiger partial charge in [-0.1, -0.05) is 0 Å². The Morgan fingerprint density at radius 2 is 1.92 bits per heavy atom. The Bertz CT molecular complexity index is 262. The predicted octanol–water partition coefficient (Wildman–Crippen LogP) is 1.27. The maximum Gasteiger partial charge on any atom is 0.207 e. The Labute approximate surface area is 78.1 Å². The molecule has 4 nitrogen and oxygen atoms in total. The van der Waals surface area contributed by atoms with E-state index in [-0.39, 0.29) is 6.42 Å². The molecule has 0 aromatic rings. The normalized spacial score (nSPS) is 17.7. The van der Waals surface area contributed by atoms with E-state index < -0.39 is 0 Å². The van der Waals surface area contributed by atoms with Crippen LogP contribution in [0.2, 0.25) is 0 Å². The minimum absolute atomic E-state index is 0.244. The lowest BCUT2D eigenvalue weighted by Crippen LogP contribution is -2.35. The van der Waals surface area contributed by atoms with Gasteiger partial charge in [-0.25, -0.2) is 0 Å². The van der Waals surface area contributed by atoms with Crippen LogP contribution in [0, 0.1) is 22.8 Å². The summed E-state index contributed by atoms with van der Waals surface area (Å²) in [7, 11) is 0. The minimum atomic E-state index is 0.244. The molecular formula is C9H12N4. The van der Waals surface area contributed by atoms with Gasteiger partial charge in [-0.2, -0.15) is 15.5 Å². The summed E-state index contributed by atoms with van der Waals surface area (Å²) in [5.41, 5.74) is 0. The van der Waals surface area contributed by atoms with Crippen molar-refractivity contribution >= 4 is 5.84 Å². The summed E-state index contributed by atoms with van der Waals surface area (Å²) < 4.78 is 0. The molecular weight excluding hydrogens is 164 g/mol. The molecule has 0 aromatic heterocycles. The number of hydrogen-bond acceptors (Lipinski definition) is 3. The molecule has 0 aromatic carbocycles. The van der Waals surface area contributed by atoms with Crippen LogP contribution in [0.3, 0.4) is 0 Å². The molecule has 1 fully saturated rings. The molecule has 0 radical (unpaired) electrons. The molecule has 1 aliphatic heterocycles. The minimum Gasteiger partial charge on any atom is -0.358 e. The quantitative estimate of drug-likeness (QED) is 0.343. The van der Waals surface area contributed by atoms with Crippen molar-refractivity contribution in [1.82, 2.24) is 4.90 Å². The first-order chi connectivity index (χ1) is 6.38. The van der Waals surface area contributed by atoms with Gasteiger partial charge in [0.1, 0.15) is 5.84 Å². The maximum atomic E-state index is 8.53. The van der Waals surface area contributed by atoms with Crippen LogP contribution in [0.15, 0.2) is 4.99 Å². The summed E-state index contributed by atoms with van der Waals surface area (Å²) in [4.78, 5) is 5.70. The molecule has 1 heterocycles. The fraction of sp³-hybridized carbons (Fsp3) is 0.667. The SMILES string of the molecule is N#CC/C(=N\C#N)N1CCCCC1. The van der Waals surface area contributed by atoms with Crippen molar-refractivity contribution in [3.8, 4) is 12.3 Å². The zero-order valence-electron chi connectivity index (χ0n) is 7.53. The van der Waals surface area contributed by atoms with E-state index in [0.29, 0.717) is 5.84 Å². The summed E-state index contributed by atoms with van der Waals surface area (Å²) >= 11 is 0. The number of nitriles is 2. The highest BCUT2D eigenvalue weighted by molar-refractivity contribution is 5.85. The van der Waals surface area contributed by atoms with Crippen LogP contribution in [0.5, 0.6) is 0 Å². The number of rotatable bonds is 1. The van der Waals surface area contributed by atoms with Gasteiger partial charge in [0.2, 0.25) is 6.19 Å².